The molecule has 3 fully saturated rings. The Kier molecular flexibility index (Phi) is 28.8. The van der Waals surface area contributed by atoms with E-state index in [0.29, 0.717) is 12.2 Å². The number of nitrogens with one attached hydrogen (secondary N) is 1. The molecular formula is C78H92N4O19Si. The number of ether oxygens (including phenoxy) is 14. The van der Waals surface area contributed by atoms with Crippen LogP contribution in [0.25, 0.3) is 10.4 Å². The van der Waals surface area contributed by atoms with Crippen LogP contribution in [-0.2, 0) is 116 Å². The predicted octanol–water partition coefficient (Wildman–Crippen LogP) is 10.8. The number of aliphatic hydroxyl groups is 2. The summed E-state index contributed by atoms with van der Waals surface area (Å²) in [4.78, 5) is 46.3. The van der Waals surface area contributed by atoms with Crippen LogP contribution in [0.2, 0.25) is 25.7 Å². The van der Waals surface area contributed by atoms with Crippen LogP contribution in [0.5, 0.6) is 0 Å². The highest BCUT2D eigenvalue weighted by molar-refractivity contribution is 6.76. The molecule has 0 aliphatic carbocycles. The first-order valence-electron chi connectivity index (χ1n) is 34.3. The van der Waals surface area contributed by atoms with Gasteiger partial charge in [0.15, 0.2) is 12.6 Å². The van der Waals surface area contributed by atoms with E-state index in [-0.39, 0.29) is 58.4 Å². The highest BCUT2D eigenvalue weighted by Gasteiger charge is 2.63. The van der Waals surface area contributed by atoms with Gasteiger partial charge in [0.25, 0.3) is 5.79 Å². The van der Waals surface area contributed by atoms with E-state index in [4.69, 9.17) is 66.3 Å². The smallest absolute Gasteiger partial charge is 0.366 e. The van der Waals surface area contributed by atoms with E-state index >= 15 is 4.79 Å². The molecule has 3 saturated heterocycles. The Balaban J connectivity index is 1.16. The molecule has 542 valence electrons. The van der Waals surface area contributed by atoms with Gasteiger partial charge in [-0.25, -0.2) is 9.59 Å². The number of carbonyl (C=O) groups excluding carboxylic acids is 3. The summed E-state index contributed by atoms with van der Waals surface area (Å²) in [5.41, 5.74) is 14.3. The van der Waals surface area contributed by atoms with E-state index in [2.05, 4.69) is 35.0 Å². The van der Waals surface area contributed by atoms with Gasteiger partial charge in [0, 0.05) is 26.5 Å². The first-order valence-corrected chi connectivity index (χ1v) is 38.0. The molecule has 1 amide bonds. The summed E-state index contributed by atoms with van der Waals surface area (Å²) in [5, 5.41) is 30.3. The van der Waals surface area contributed by atoms with E-state index < -0.39 is 137 Å². The van der Waals surface area contributed by atoms with Crippen LogP contribution in [0.4, 0.5) is 0 Å². The van der Waals surface area contributed by atoms with Crippen molar-refractivity contribution in [1.29, 1.82) is 0 Å². The number of carbonyl (C=O) groups is 3. The van der Waals surface area contributed by atoms with E-state index in [0.717, 1.165) is 41.0 Å². The predicted molar refractivity (Wildman–Crippen MR) is 377 cm³/mol. The van der Waals surface area contributed by atoms with Crippen molar-refractivity contribution >= 4 is 25.9 Å². The molecule has 3 aliphatic rings. The molecular weight excluding hydrogens is 1320 g/mol. The fraction of sp³-hybridized carbons (Fsp3) is 0.423. The van der Waals surface area contributed by atoms with Crippen LogP contribution >= 0.6 is 0 Å². The number of hydrogen-bond donors (Lipinski definition) is 3. The lowest BCUT2D eigenvalue weighted by Gasteiger charge is -2.53. The lowest BCUT2D eigenvalue weighted by Crippen LogP contribution is -2.71. The van der Waals surface area contributed by atoms with E-state index in [1.165, 1.54) is 19.1 Å². The van der Waals surface area contributed by atoms with Crippen molar-refractivity contribution in [2.45, 2.75) is 176 Å². The topological polar surface area (TPSA) is 282 Å². The van der Waals surface area contributed by atoms with Gasteiger partial charge in [-0.1, -0.05) is 225 Å². The molecule has 102 heavy (non-hydrogen) atoms. The Morgan fingerprint density at radius 1 is 0.569 bits per heavy atom. The van der Waals surface area contributed by atoms with Crippen LogP contribution in [-0.4, -0.2) is 167 Å². The van der Waals surface area contributed by atoms with Gasteiger partial charge in [-0.2, -0.15) is 0 Å². The lowest BCUT2D eigenvalue weighted by atomic mass is 9.87. The van der Waals surface area contributed by atoms with Gasteiger partial charge in [0.1, 0.15) is 67.1 Å². The fourth-order valence-electron chi connectivity index (χ4n) is 12.4. The fourth-order valence-corrected chi connectivity index (χ4v) is 13.1. The first-order chi connectivity index (χ1) is 49.6. The zero-order chi connectivity index (χ0) is 71.7. The molecule has 23 nitrogen and oxygen atoms in total. The Morgan fingerprint density at radius 2 is 0.990 bits per heavy atom. The summed E-state index contributed by atoms with van der Waals surface area (Å²) in [6.07, 6.45) is -21.1. The van der Waals surface area contributed by atoms with Crippen LogP contribution in [0, 0.1) is 0 Å². The lowest BCUT2D eigenvalue weighted by molar-refractivity contribution is -0.397. The summed E-state index contributed by atoms with van der Waals surface area (Å²) in [6.45, 7) is 7.49. The second kappa shape index (κ2) is 38.4. The summed E-state index contributed by atoms with van der Waals surface area (Å²) in [6, 6.07) is 64.4. The zero-order valence-electron chi connectivity index (χ0n) is 58.0. The first kappa shape index (κ1) is 76.6. The quantitative estimate of drug-likeness (QED) is 0.0108. The molecule has 0 spiro atoms. The van der Waals surface area contributed by atoms with Crippen LogP contribution in [0.3, 0.4) is 0 Å². The number of benzene rings is 7. The van der Waals surface area contributed by atoms with Crippen molar-refractivity contribution in [3.8, 4) is 0 Å². The Labute approximate surface area is 596 Å². The third-order valence-corrected chi connectivity index (χ3v) is 19.3. The van der Waals surface area contributed by atoms with E-state index in [1.54, 1.807) is 18.2 Å². The van der Waals surface area contributed by atoms with Gasteiger partial charge in [-0.15, -0.1) is 0 Å². The van der Waals surface area contributed by atoms with Crippen molar-refractivity contribution in [1.82, 2.24) is 5.32 Å². The average Bonchev–Trinajstić information content (AvgIpc) is 0.743. The molecule has 3 heterocycles. The highest BCUT2D eigenvalue weighted by Crippen LogP contribution is 2.43. The number of azide groups is 1. The van der Waals surface area contributed by atoms with Crippen molar-refractivity contribution in [2.75, 3.05) is 33.5 Å². The molecule has 7 aromatic carbocycles. The van der Waals surface area contributed by atoms with Gasteiger partial charge >= 0.3 is 11.9 Å². The number of esters is 2. The number of aliphatic hydroxyl groups excluding tert-OH is 2. The SMILES string of the molecule is COC(=O)[C@@]1(O[C@H]2[C@@H](OCc3ccccc3)[C@@H](COCc3ccccc3)O[C@@H](O[C@H]3[C@H](OCc4ccccc4)[C@@H](OCc4ccccc4)[C@H](OCC[Si](C)(C)C)O[C@@H]3COCc3ccccc3)[C@@H]2OCc2ccccc2)C[C@H](OC(=O)c2ccccc2)[C@@H](NC(C)=O)[C@H]([C@H](O)[C@H](O)CN=[N+]=[N-])O1. The molecule has 0 aromatic heterocycles. The normalized spacial score (nSPS) is 25.6. The summed E-state index contributed by atoms with van der Waals surface area (Å²) < 4.78 is 97.7. The molecule has 3 N–H and O–H groups in total. The van der Waals surface area contributed by atoms with Crippen molar-refractivity contribution in [2.24, 2.45) is 5.11 Å². The number of methoxy groups -OCH3 is 1. The number of hydrogen-bond acceptors (Lipinski definition) is 20. The van der Waals surface area contributed by atoms with Crippen LogP contribution in [0.1, 0.15) is 57.1 Å². The standard InChI is InChI=1S/C78H92N4O19Si/c1-53(83)81-65-62(96-74(86)60-39-25-12-26-40-60)43-78(77(87)88-2,100-69(65)66(85)61(84)44-80-82-79)101-71-67(92-47-56-31-17-8-18-32-56)63(51-89-45-54-27-13-6-14-28-54)98-76(73(71)95-50-59-37-23-11-24-38-59)99-68-64(52-90-46-55-29-15-7-16-30-55)97-75(91-41-42-102(3,4)5)72(94-49-58-35-21-10-22-36-58)70(68)93-48-57-33-19-9-20-34-57/h6-40,61-73,75-76,84-85H,41-52H2,1-5H3,(H,81,83)/t61-,62+,63-,64-,65-,66-,67+,68-,69-,70+,71+,72-,73-,75-,76+,78+/m1/s1. The number of nitrogens with zero attached hydrogens (tertiary/aromatic N) is 3. The van der Waals surface area contributed by atoms with Gasteiger partial charge in [-0.05, 0) is 57.1 Å². The van der Waals surface area contributed by atoms with Gasteiger partial charge in [0.2, 0.25) is 5.91 Å². The Bertz CT molecular complexity index is 3690. The van der Waals surface area contributed by atoms with E-state index in [1.807, 2.05) is 182 Å². The van der Waals surface area contributed by atoms with Gasteiger partial charge in [0.05, 0.1) is 90.6 Å². The minimum atomic E-state index is -2.82. The number of rotatable bonds is 36. The molecule has 0 saturated carbocycles. The summed E-state index contributed by atoms with van der Waals surface area (Å²) in [5.74, 6) is -5.62. The van der Waals surface area contributed by atoms with Crippen molar-refractivity contribution < 1.29 is 90.9 Å². The highest BCUT2D eigenvalue weighted by atomic mass is 28.3. The second-order valence-corrected chi connectivity index (χ2v) is 32.2. The van der Waals surface area contributed by atoms with Crippen molar-refractivity contribution in [3.63, 3.8) is 0 Å². The van der Waals surface area contributed by atoms with Crippen molar-refractivity contribution in [3.05, 3.63) is 262 Å². The Morgan fingerprint density at radius 3 is 1.44 bits per heavy atom. The molecule has 10 rings (SSSR count). The summed E-state index contributed by atoms with van der Waals surface area (Å²) >= 11 is 0. The molecule has 0 bridgehead atoms. The summed E-state index contributed by atoms with van der Waals surface area (Å²) in [7, 11) is -0.624. The monoisotopic (exact) mass is 1420 g/mol. The number of amides is 1. The minimum Gasteiger partial charge on any atom is -0.465 e. The van der Waals surface area contributed by atoms with Crippen LogP contribution in [0.15, 0.2) is 217 Å². The van der Waals surface area contributed by atoms with Crippen LogP contribution < -0.4 is 5.32 Å². The van der Waals surface area contributed by atoms with E-state index in [9.17, 15) is 25.3 Å². The van der Waals surface area contributed by atoms with Gasteiger partial charge < -0.3 is 81.8 Å². The second-order valence-electron chi connectivity index (χ2n) is 26.5. The third kappa shape index (κ3) is 22.0. The molecule has 0 radical (unpaired) electrons. The Hall–Kier alpha value is -8.08. The maximum atomic E-state index is 15.6. The van der Waals surface area contributed by atoms with Gasteiger partial charge in [-0.3, -0.25) is 4.79 Å². The zero-order valence-corrected chi connectivity index (χ0v) is 59.0. The maximum Gasteiger partial charge on any atom is 0.366 e. The molecule has 3 aliphatic heterocycles. The molecule has 7 aromatic rings. The maximum absolute atomic E-state index is 15.6. The average molecular weight is 1420 g/mol. The third-order valence-electron chi connectivity index (χ3n) is 17.6. The molecule has 16 atom stereocenters. The molecule has 24 heteroatoms. The minimum absolute atomic E-state index is 0.0609. The molecule has 0 unspecified atom stereocenters. The largest absolute Gasteiger partial charge is 0.465 e.